The molecular weight excluding hydrogens is 262 g/mol. The van der Waals surface area contributed by atoms with Gasteiger partial charge in [0.25, 0.3) is 5.91 Å². The number of para-hydroxylation sites is 2. The molecule has 0 bridgehead atoms. The lowest BCUT2D eigenvalue weighted by Gasteiger charge is -2.23. The number of nitrogens with two attached hydrogens (primary N) is 1. The van der Waals surface area contributed by atoms with Crippen LogP contribution in [0.25, 0.3) is 0 Å². The van der Waals surface area contributed by atoms with E-state index in [0.717, 1.165) is 6.42 Å². The van der Waals surface area contributed by atoms with Gasteiger partial charge in [-0.25, -0.2) is 0 Å². The van der Waals surface area contributed by atoms with Crippen LogP contribution in [0.3, 0.4) is 0 Å². The number of carbonyl (C=O) groups is 1. The third-order valence-electron chi connectivity index (χ3n) is 3.18. The molecule has 4 heteroatoms. The Labute approximate surface area is 124 Å². The quantitative estimate of drug-likeness (QED) is 0.874. The van der Waals surface area contributed by atoms with Crippen molar-refractivity contribution in [2.75, 3.05) is 17.2 Å². The fraction of sp³-hybridized carbons (Fsp3) is 0.176. The van der Waals surface area contributed by atoms with E-state index in [-0.39, 0.29) is 5.91 Å². The molecule has 0 spiro atoms. The first-order chi connectivity index (χ1) is 10.2. The van der Waals surface area contributed by atoms with Crippen molar-refractivity contribution >= 4 is 17.3 Å². The summed E-state index contributed by atoms with van der Waals surface area (Å²) in [5.41, 5.74) is 8.35. The van der Waals surface area contributed by atoms with Crippen LogP contribution >= 0.6 is 0 Å². The van der Waals surface area contributed by atoms with Crippen molar-refractivity contribution in [1.29, 1.82) is 5.26 Å². The van der Waals surface area contributed by atoms with E-state index in [9.17, 15) is 4.79 Å². The summed E-state index contributed by atoms with van der Waals surface area (Å²) in [6.45, 7) is 2.60. The summed E-state index contributed by atoms with van der Waals surface area (Å²) >= 11 is 0. The van der Waals surface area contributed by atoms with Crippen LogP contribution in [0.4, 0.5) is 11.4 Å². The Hall–Kier alpha value is -2.80. The van der Waals surface area contributed by atoms with Crippen LogP contribution in [-0.2, 0) is 0 Å². The second kappa shape index (κ2) is 6.58. The lowest BCUT2D eigenvalue weighted by molar-refractivity contribution is 0.0987. The largest absolute Gasteiger partial charge is 0.397 e. The third kappa shape index (κ3) is 3.21. The van der Waals surface area contributed by atoms with Crippen molar-refractivity contribution in [2.24, 2.45) is 0 Å². The summed E-state index contributed by atoms with van der Waals surface area (Å²) in [5, 5.41) is 8.81. The SMILES string of the molecule is CCCN(C(=O)c1ccc(C#N)cc1)c1ccccc1N. The van der Waals surface area contributed by atoms with Crippen molar-refractivity contribution < 1.29 is 4.79 Å². The second-order valence-electron chi connectivity index (χ2n) is 4.70. The van der Waals surface area contributed by atoms with Gasteiger partial charge in [0.1, 0.15) is 0 Å². The van der Waals surface area contributed by atoms with Crippen molar-refractivity contribution in [2.45, 2.75) is 13.3 Å². The Morgan fingerprint density at radius 1 is 1.19 bits per heavy atom. The van der Waals surface area contributed by atoms with E-state index < -0.39 is 0 Å². The van der Waals surface area contributed by atoms with Gasteiger partial charge in [-0.2, -0.15) is 5.26 Å². The maximum absolute atomic E-state index is 12.7. The van der Waals surface area contributed by atoms with E-state index in [0.29, 0.717) is 29.0 Å². The number of nitrogen functional groups attached to an aromatic ring is 1. The molecule has 1 amide bonds. The van der Waals surface area contributed by atoms with Crippen LogP contribution in [0, 0.1) is 11.3 Å². The summed E-state index contributed by atoms with van der Waals surface area (Å²) in [6.07, 6.45) is 0.830. The average Bonchev–Trinajstić information content (AvgIpc) is 2.53. The normalized spacial score (nSPS) is 9.90. The summed E-state index contributed by atoms with van der Waals surface area (Å²) in [5.74, 6) is -0.112. The Morgan fingerprint density at radius 2 is 1.86 bits per heavy atom. The number of rotatable bonds is 4. The zero-order valence-electron chi connectivity index (χ0n) is 11.9. The minimum absolute atomic E-state index is 0.112. The zero-order chi connectivity index (χ0) is 15.2. The van der Waals surface area contributed by atoms with E-state index >= 15 is 0 Å². The predicted molar refractivity (Wildman–Crippen MR) is 84.0 cm³/mol. The molecule has 0 saturated heterocycles. The van der Waals surface area contributed by atoms with Crippen molar-refractivity contribution in [3.63, 3.8) is 0 Å². The highest BCUT2D eigenvalue weighted by Crippen LogP contribution is 2.24. The summed E-state index contributed by atoms with van der Waals surface area (Å²) in [7, 11) is 0. The minimum atomic E-state index is -0.112. The third-order valence-corrected chi connectivity index (χ3v) is 3.18. The van der Waals surface area contributed by atoms with Gasteiger partial charge in [0, 0.05) is 12.1 Å². The van der Waals surface area contributed by atoms with Gasteiger partial charge in [0.2, 0.25) is 0 Å². The highest BCUT2D eigenvalue weighted by molar-refractivity contribution is 6.07. The number of hydrogen-bond acceptors (Lipinski definition) is 3. The molecule has 106 valence electrons. The molecular formula is C17H17N3O. The number of benzene rings is 2. The molecule has 0 aliphatic carbocycles. The van der Waals surface area contributed by atoms with Crippen molar-refractivity contribution in [3.05, 3.63) is 59.7 Å². The molecule has 0 aromatic heterocycles. The highest BCUT2D eigenvalue weighted by atomic mass is 16.2. The number of amides is 1. The lowest BCUT2D eigenvalue weighted by atomic mass is 10.1. The van der Waals surface area contributed by atoms with E-state index in [1.807, 2.05) is 31.2 Å². The maximum atomic E-state index is 12.7. The van der Waals surface area contributed by atoms with Crippen LogP contribution in [0.1, 0.15) is 29.3 Å². The number of carbonyl (C=O) groups excluding carboxylic acids is 1. The van der Waals surface area contributed by atoms with E-state index in [1.165, 1.54) is 0 Å². The van der Waals surface area contributed by atoms with Gasteiger partial charge in [-0.1, -0.05) is 19.1 Å². The number of nitrogens with zero attached hydrogens (tertiary/aromatic N) is 2. The Balaban J connectivity index is 2.35. The molecule has 0 aliphatic heterocycles. The molecule has 0 saturated carbocycles. The first kappa shape index (κ1) is 14.6. The van der Waals surface area contributed by atoms with Crippen LogP contribution in [0.2, 0.25) is 0 Å². The highest BCUT2D eigenvalue weighted by Gasteiger charge is 2.18. The van der Waals surface area contributed by atoms with E-state index in [4.69, 9.17) is 11.0 Å². The molecule has 2 aromatic carbocycles. The fourth-order valence-electron chi connectivity index (χ4n) is 2.13. The standard InChI is InChI=1S/C17H17N3O/c1-2-11-20(16-6-4-3-5-15(16)19)17(21)14-9-7-13(12-18)8-10-14/h3-10H,2,11,19H2,1H3. The first-order valence-corrected chi connectivity index (χ1v) is 6.84. The molecule has 0 aliphatic rings. The van der Waals surface area contributed by atoms with Gasteiger partial charge in [-0.15, -0.1) is 0 Å². The van der Waals surface area contributed by atoms with Gasteiger partial charge >= 0.3 is 0 Å². The summed E-state index contributed by atoms with van der Waals surface area (Å²) < 4.78 is 0. The average molecular weight is 279 g/mol. The van der Waals surface area contributed by atoms with Crippen LogP contribution in [0.5, 0.6) is 0 Å². The van der Waals surface area contributed by atoms with Gasteiger partial charge in [-0.3, -0.25) is 4.79 Å². The Morgan fingerprint density at radius 3 is 2.43 bits per heavy atom. The van der Waals surface area contributed by atoms with Crippen LogP contribution in [0.15, 0.2) is 48.5 Å². The molecule has 0 heterocycles. The molecule has 4 nitrogen and oxygen atoms in total. The number of hydrogen-bond donors (Lipinski definition) is 1. The van der Waals surface area contributed by atoms with Crippen LogP contribution in [-0.4, -0.2) is 12.5 Å². The minimum Gasteiger partial charge on any atom is -0.397 e. The van der Waals surface area contributed by atoms with Gasteiger partial charge < -0.3 is 10.6 Å². The lowest BCUT2D eigenvalue weighted by Crippen LogP contribution is -2.32. The monoisotopic (exact) mass is 279 g/mol. The Bertz CT molecular complexity index is 671. The summed E-state index contributed by atoms with van der Waals surface area (Å²) in [4.78, 5) is 14.4. The topological polar surface area (TPSA) is 70.1 Å². The van der Waals surface area contributed by atoms with Gasteiger partial charge in [0.15, 0.2) is 0 Å². The summed E-state index contributed by atoms with van der Waals surface area (Å²) in [6, 6.07) is 16.0. The predicted octanol–water partition coefficient (Wildman–Crippen LogP) is 3.20. The fourth-order valence-corrected chi connectivity index (χ4v) is 2.13. The smallest absolute Gasteiger partial charge is 0.258 e. The van der Waals surface area contributed by atoms with Crippen molar-refractivity contribution in [3.8, 4) is 6.07 Å². The molecule has 2 N–H and O–H groups in total. The van der Waals surface area contributed by atoms with Gasteiger partial charge in [-0.05, 0) is 42.8 Å². The molecule has 0 radical (unpaired) electrons. The van der Waals surface area contributed by atoms with Gasteiger partial charge in [0.05, 0.1) is 23.0 Å². The van der Waals surface area contributed by atoms with Crippen molar-refractivity contribution in [1.82, 2.24) is 0 Å². The molecule has 2 aromatic rings. The number of nitriles is 1. The Kier molecular flexibility index (Phi) is 4.57. The number of anilines is 2. The first-order valence-electron chi connectivity index (χ1n) is 6.84. The molecule has 2 rings (SSSR count). The maximum Gasteiger partial charge on any atom is 0.258 e. The molecule has 0 fully saturated rings. The van der Waals surface area contributed by atoms with Crippen LogP contribution < -0.4 is 10.6 Å². The second-order valence-corrected chi connectivity index (χ2v) is 4.70. The molecule has 0 atom stereocenters. The van der Waals surface area contributed by atoms with E-state index in [2.05, 4.69) is 0 Å². The van der Waals surface area contributed by atoms with E-state index in [1.54, 1.807) is 35.2 Å². The molecule has 0 unspecified atom stereocenters. The zero-order valence-corrected chi connectivity index (χ0v) is 11.9. The molecule has 21 heavy (non-hydrogen) atoms.